The van der Waals surface area contributed by atoms with Gasteiger partial charge in [0.15, 0.2) is 5.17 Å². The van der Waals surface area contributed by atoms with E-state index in [9.17, 15) is 14.4 Å². The summed E-state index contributed by atoms with van der Waals surface area (Å²) in [4.78, 5) is 43.3. The minimum absolute atomic E-state index is 0.0631. The average Bonchev–Trinajstić information content (AvgIpc) is 3.08. The minimum atomic E-state index is -0.483. The molecule has 1 aromatic carbocycles. The summed E-state index contributed by atoms with van der Waals surface area (Å²) < 4.78 is 0. The number of carbonyl (C=O) groups is 3. The number of hydrogen-bond donors (Lipinski definition) is 2. The largest absolute Gasteiger partial charge is 0.351 e. The van der Waals surface area contributed by atoms with Gasteiger partial charge >= 0.3 is 0 Å². The predicted octanol–water partition coefficient (Wildman–Crippen LogP) is 3.03. The predicted molar refractivity (Wildman–Crippen MR) is 116 cm³/mol. The van der Waals surface area contributed by atoms with Crippen molar-refractivity contribution in [3.8, 4) is 0 Å². The van der Waals surface area contributed by atoms with E-state index in [4.69, 9.17) is 0 Å². The normalized spacial score (nSPS) is 20.2. The van der Waals surface area contributed by atoms with Gasteiger partial charge in [-0.2, -0.15) is 4.99 Å². The summed E-state index contributed by atoms with van der Waals surface area (Å²) >= 11 is 1.38. The molecular weight excluding hydrogens is 388 g/mol. The van der Waals surface area contributed by atoms with Gasteiger partial charge in [0.25, 0.3) is 11.8 Å². The molecule has 0 bridgehead atoms. The first kappa shape index (κ1) is 21.4. The number of carbonyl (C=O) groups excluding carboxylic acids is 3. The van der Waals surface area contributed by atoms with E-state index in [2.05, 4.69) is 20.5 Å². The zero-order valence-corrected chi connectivity index (χ0v) is 17.8. The highest BCUT2D eigenvalue weighted by Gasteiger charge is 2.33. The number of nitrogens with zero attached hydrogens (tertiary/aromatic N) is 2. The molecule has 3 amide bonds. The van der Waals surface area contributed by atoms with Gasteiger partial charge < -0.3 is 15.5 Å². The summed E-state index contributed by atoms with van der Waals surface area (Å²) in [5.74, 6) is -0.672. The molecule has 0 aromatic heterocycles. The molecule has 0 saturated carbocycles. The molecule has 29 heavy (non-hydrogen) atoms. The first-order valence-corrected chi connectivity index (χ1v) is 11.1. The van der Waals surface area contributed by atoms with E-state index < -0.39 is 5.25 Å². The molecule has 3 rings (SSSR count). The number of amidine groups is 1. The summed E-state index contributed by atoms with van der Waals surface area (Å²) in [6.45, 7) is 5.79. The van der Waals surface area contributed by atoms with E-state index in [1.807, 2.05) is 13.8 Å². The zero-order valence-electron chi connectivity index (χ0n) is 16.9. The maximum atomic E-state index is 12.5. The molecule has 156 valence electrons. The molecule has 0 radical (unpaired) electrons. The number of amides is 3. The summed E-state index contributed by atoms with van der Waals surface area (Å²) in [5.41, 5.74) is 1.03. The number of piperidine rings is 1. The molecular formula is C21H28N4O3S. The summed E-state index contributed by atoms with van der Waals surface area (Å²) in [7, 11) is 0. The topological polar surface area (TPSA) is 90.9 Å². The molecule has 1 fully saturated rings. The number of anilines is 1. The molecule has 0 aliphatic carbocycles. The number of nitrogens with one attached hydrogen (secondary N) is 2. The van der Waals surface area contributed by atoms with Gasteiger partial charge in [0.2, 0.25) is 5.91 Å². The smallest absolute Gasteiger partial charge is 0.262 e. The van der Waals surface area contributed by atoms with Crippen LogP contribution in [0.3, 0.4) is 0 Å². The fraction of sp³-hybridized carbons (Fsp3) is 0.524. The second kappa shape index (κ2) is 9.91. The van der Waals surface area contributed by atoms with Crippen LogP contribution in [-0.2, 0) is 9.59 Å². The van der Waals surface area contributed by atoms with E-state index in [0.717, 1.165) is 37.5 Å². The van der Waals surface area contributed by atoms with Crippen molar-refractivity contribution in [1.82, 2.24) is 10.2 Å². The van der Waals surface area contributed by atoms with Crippen LogP contribution in [0.2, 0.25) is 0 Å². The molecule has 0 unspecified atom stereocenters. The van der Waals surface area contributed by atoms with Crippen molar-refractivity contribution in [2.45, 2.75) is 57.2 Å². The quantitative estimate of drug-likeness (QED) is 0.744. The van der Waals surface area contributed by atoms with Crippen molar-refractivity contribution in [3.05, 3.63) is 29.8 Å². The van der Waals surface area contributed by atoms with Gasteiger partial charge in [-0.15, -0.1) is 0 Å². The van der Waals surface area contributed by atoms with Gasteiger partial charge in [0.05, 0.1) is 0 Å². The van der Waals surface area contributed by atoms with E-state index in [-0.39, 0.29) is 30.2 Å². The maximum Gasteiger partial charge on any atom is 0.262 e. The lowest BCUT2D eigenvalue weighted by atomic mass is 10.1. The van der Waals surface area contributed by atoms with Crippen LogP contribution < -0.4 is 10.6 Å². The molecule has 7 nitrogen and oxygen atoms in total. The Morgan fingerprint density at radius 1 is 1.28 bits per heavy atom. The fourth-order valence-electron chi connectivity index (χ4n) is 3.26. The van der Waals surface area contributed by atoms with Gasteiger partial charge in [-0.3, -0.25) is 14.4 Å². The van der Waals surface area contributed by atoms with Crippen molar-refractivity contribution in [2.75, 3.05) is 18.4 Å². The standard InChI is InChI=1S/C21H28N4O3S/c1-3-14(2)22-19(27)15-8-7-9-16(12-15)23-18(26)13-17-20(28)24-21(29-17)25-10-5-4-6-11-25/h7-9,12,14,17H,3-6,10-11,13H2,1-2H3,(H,22,27)(H,23,26)/t14-,17+/m0/s1. The molecule has 8 heteroatoms. The number of hydrogen-bond acceptors (Lipinski definition) is 5. The van der Waals surface area contributed by atoms with Crippen LogP contribution in [0.4, 0.5) is 5.69 Å². The lowest BCUT2D eigenvalue weighted by Crippen LogP contribution is -2.33. The van der Waals surface area contributed by atoms with Gasteiger partial charge in [-0.1, -0.05) is 24.8 Å². The Bertz CT molecular complexity index is 805. The lowest BCUT2D eigenvalue weighted by Gasteiger charge is -2.27. The van der Waals surface area contributed by atoms with Crippen molar-refractivity contribution >= 4 is 40.3 Å². The van der Waals surface area contributed by atoms with Gasteiger partial charge in [-0.25, -0.2) is 0 Å². The fourth-order valence-corrected chi connectivity index (χ4v) is 4.37. The number of rotatable bonds is 6. The SMILES string of the molecule is CC[C@H](C)NC(=O)c1cccc(NC(=O)C[C@H]2SC(N3CCCCC3)=NC2=O)c1. The Labute approximate surface area is 175 Å². The Kier molecular flexibility index (Phi) is 7.30. The molecule has 2 aliphatic rings. The molecule has 2 heterocycles. The second-order valence-electron chi connectivity index (χ2n) is 7.50. The van der Waals surface area contributed by atoms with Crippen LogP contribution in [0.1, 0.15) is 56.3 Å². The first-order valence-electron chi connectivity index (χ1n) is 10.2. The van der Waals surface area contributed by atoms with E-state index in [1.54, 1.807) is 24.3 Å². The lowest BCUT2D eigenvalue weighted by molar-refractivity contribution is -0.121. The highest BCUT2D eigenvalue weighted by Crippen LogP contribution is 2.29. The molecule has 2 atom stereocenters. The molecule has 2 aliphatic heterocycles. The maximum absolute atomic E-state index is 12.5. The first-order chi connectivity index (χ1) is 14.0. The van der Waals surface area contributed by atoms with Crippen molar-refractivity contribution in [2.24, 2.45) is 4.99 Å². The monoisotopic (exact) mass is 416 g/mol. The van der Waals surface area contributed by atoms with Crippen molar-refractivity contribution in [3.63, 3.8) is 0 Å². The summed E-state index contributed by atoms with van der Waals surface area (Å²) in [6.07, 6.45) is 4.34. The number of likely N-dealkylation sites (tertiary alicyclic amines) is 1. The van der Waals surface area contributed by atoms with E-state index in [1.165, 1.54) is 18.2 Å². The van der Waals surface area contributed by atoms with Crippen LogP contribution >= 0.6 is 11.8 Å². The third kappa shape index (κ3) is 5.82. The Morgan fingerprint density at radius 2 is 2.03 bits per heavy atom. The Balaban J connectivity index is 1.54. The average molecular weight is 417 g/mol. The molecule has 2 N–H and O–H groups in total. The Hall–Kier alpha value is -2.35. The third-order valence-electron chi connectivity index (χ3n) is 5.12. The number of benzene rings is 1. The van der Waals surface area contributed by atoms with Crippen molar-refractivity contribution < 1.29 is 14.4 Å². The van der Waals surface area contributed by atoms with Gasteiger partial charge in [0, 0.05) is 36.8 Å². The van der Waals surface area contributed by atoms with Gasteiger partial charge in [-0.05, 0) is 50.8 Å². The molecule has 1 aromatic rings. The van der Waals surface area contributed by atoms with Crippen LogP contribution in [0.5, 0.6) is 0 Å². The highest BCUT2D eigenvalue weighted by molar-refractivity contribution is 8.15. The third-order valence-corrected chi connectivity index (χ3v) is 6.34. The van der Waals surface area contributed by atoms with E-state index >= 15 is 0 Å². The number of aliphatic imine (C=N–C) groups is 1. The second-order valence-corrected chi connectivity index (χ2v) is 8.67. The van der Waals surface area contributed by atoms with Crippen molar-refractivity contribution in [1.29, 1.82) is 0 Å². The zero-order chi connectivity index (χ0) is 20.8. The number of thioether (sulfide) groups is 1. The van der Waals surface area contributed by atoms with Crippen LogP contribution in [0, 0.1) is 0 Å². The van der Waals surface area contributed by atoms with E-state index in [0.29, 0.717) is 11.3 Å². The Morgan fingerprint density at radius 3 is 2.76 bits per heavy atom. The molecule has 1 saturated heterocycles. The summed E-state index contributed by atoms with van der Waals surface area (Å²) in [6, 6.07) is 6.91. The highest BCUT2D eigenvalue weighted by atomic mass is 32.2. The molecule has 0 spiro atoms. The van der Waals surface area contributed by atoms with Gasteiger partial charge in [0.1, 0.15) is 5.25 Å². The minimum Gasteiger partial charge on any atom is -0.351 e. The van der Waals surface area contributed by atoms with Crippen LogP contribution in [0.15, 0.2) is 29.3 Å². The van der Waals surface area contributed by atoms with Crippen LogP contribution in [-0.4, -0.2) is 52.2 Å². The summed E-state index contributed by atoms with van der Waals surface area (Å²) in [5, 5.41) is 5.97. The van der Waals surface area contributed by atoms with Crippen LogP contribution in [0.25, 0.3) is 0 Å².